The van der Waals surface area contributed by atoms with Crippen molar-refractivity contribution in [1.82, 2.24) is 0 Å². The summed E-state index contributed by atoms with van der Waals surface area (Å²) in [7, 11) is 0. The van der Waals surface area contributed by atoms with Gasteiger partial charge in [0.25, 0.3) is 0 Å². The SMILES string of the molecule is C[C@@H]1CC=N[C@@H]1c1ccccc1. The first-order valence-corrected chi connectivity index (χ1v) is 4.44. The Morgan fingerprint density at radius 2 is 2.00 bits per heavy atom. The summed E-state index contributed by atoms with van der Waals surface area (Å²) >= 11 is 0. The predicted octanol–water partition coefficient (Wildman–Crippen LogP) is 2.84. The van der Waals surface area contributed by atoms with E-state index in [1.54, 1.807) is 0 Å². The summed E-state index contributed by atoms with van der Waals surface area (Å²) in [5.41, 5.74) is 1.35. The first-order chi connectivity index (χ1) is 5.88. The van der Waals surface area contributed by atoms with E-state index in [4.69, 9.17) is 0 Å². The second-order valence-electron chi connectivity index (χ2n) is 3.40. The van der Waals surface area contributed by atoms with Crippen LogP contribution in [0.5, 0.6) is 0 Å². The van der Waals surface area contributed by atoms with Crippen molar-refractivity contribution in [3.63, 3.8) is 0 Å². The monoisotopic (exact) mass is 159 g/mol. The molecule has 0 bridgehead atoms. The molecule has 1 aliphatic heterocycles. The highest BCUT2D eigenvalue weighted by atomic mass is 14.8. The Kier molecular flexibility index (Phi) is 1.94. The van der Waals surface area contributed by atoms with Crippen molar-refractivity contribution in [1.29, 1.82) is 0 Å². The van der Waals surface area contributed by atoms with Gasteiger partial charge in [-0.15, -0.1) is 0 Å². The minimum atomic E-state index is 0.409. The van der Waals surface area contributed by atoms with Crippen molar-refractivity contribution in [3.8, 4) is 0 Å². The van der Waals surface area contributed by atoms with E-state index >= 15 is 0 Å². The summed E-state index contributed by atoms with van der Waals surface area (Å²) in [6.45, 7) is 2.25. The number of hydrogen-bond donors (Lipinski definition) is 0. The van der Waals surface area contributed by atoms with E-state index in [0.29, 0.717) is 12.0 Å². The van der Waals surface area contributed by atoms with Gasteiger partial charge in [-0.05, 0) is 24.1 Å². The molecule has 12 heavy (non-hydrogen) atoms. The van der Waals surface area contributed by atoms with Crippen molar-refractivity contribution >= 4 is 6.21 Å². The van der Waals surface area contributed by atoms with Gasteiger partial charge >= 0.3 is 0 Å². The number of hydrogen-bond acceptors (Lipinski definition) is 1. The average molecular weight is 159 g/mol. The molecular formula is C11H13N. The van der Waals surface area contributed by atoms with E-state index in [0.717, 1.165) is 6.42 Å². The second kappa shape index (κ2) is 3.10. The van der Waals surface area contributed by atoms with Crippen LogP contribution < -0.4 is 0 Å². The molecule has 62 valence electrons. The molecule has 2 atom stereocenters. The van der Waals surface area contributed by atoms with Gasteiger partial charge in [0.15, 0.2) is 0 Å². The fourth-order valence-electron chi connectivity index (χ4n) is 1.68. The van der Waals surface area contributed by atoms with Crippen molar-refractivity contribution in [2.24, 2.45) is 10.9 Å². The van der Waals surface area contributed by atoms with Crippen LogP contribution >= 0.6 is 0 Å². The fourth-order valence-corrected chi connectivity index (χ4v) is 1.68. The van der Waals surface area contributed by atoms with Crippen LogP contribution in [0.25, 0.3) is 0 Å². The summed E-state index contributed by atoms with van der Waals surface area (Å²) in [6.07, 6.45) is 3.17. The smallest absolute Gasteiger partial charge is 0.0774 e. The van der Waals surface area contributed by atoms with Gasteiger partial charge in [0.05, 0.1) is 6.04 Å². The molecule has 0 saturated heterocycles. The maximum absolute atomic E-state index is 4.46. The topological polar surface area (TPSA) is 12.4 Å². The van der Waals surface area contributed by atoms with Gasteiger partial charge in [0.2, 0.25) is 0 Å². The largest absolute Gasteiger partial charge is 0.289 e. The Morgan fingerprint density at radius 3 is 2.58 bits per heavy atom. The van der Waals surface area contributed by atoms with Crippen LogP contribution in [0.15, 0.2) is 35.3 Å². The molecule has 0 spiro atoms. The summed E-state index contributed by atoms with van der Waals surface area (Å²) in [5, 5.41) is 0. The Hall–Kier alpha value is -1.11. The van der Waals surface area contributed by atoms with Crippen LogP contribution in [0, 0.1) is 5.92 Å². The van der Waals surface area contributed by atoms with Crippen LogP contribution in [-0.2, 0) is 0 Å². The molecule has 0 saturated carbocycles. The van der Waals surface area contributed by atoms with E-state index in [2.05, 4.69) is 36.2 Å². The van der Waals surface area contributed by atoms with Gasteiger partial charge in [0.1, 0.15) is 0 Å². The van der Waals surface area contributed by atoms with E-state index in [9.17, 15) is 0 Å². The zero-order valence-corrected chi connectivity index (χ0v) is 7.27. The Bertz CT molecular complexity index is 276. The normalized spacial score (nSPS) is 27.8. The zero-order chi connectivity index (χ0) is 8.39. The van der Waals surface area contributed by atoms with E-state index in [1.165, 1.54) is 5.56 Å². The molecule has 0 fully saturated rings. The Morgan fingerprint density at radius 1 is 1.25 bits per heavy atom. The van der Waals surface area contributed by atoms with Crippen LogP contribution in [0.4, 0.5) is 0 Å². The lowest BCUT2D eigenvalue weighted by atomic mass is 9.96. The molecular weight excluding hydrogens is 146 g/mol. The minimum absolute atomic E-state index is 0.409. The highest BCUT2D eigenvalue weighted by Crippen LogP contribution is 2.31. The van der Waals surface area contributed by atoms with Crippen LogP contribution in [0.3, 0.4) is 0 Å². The zero-order valence-electron chi connectivity index (χ0n) is 7.27. The van der Waals surface area contributed by atoms with Gasteiger partial charge in [-0.2, -0.15) is 0 Å². The molecule has 1 heteroatoms. The van der Waals surface area contributed by atoms with Gasteiger partial charge in [0, 0.05) is 0 Å². The van der Waals surface area contributed by atoms with Gasteiger partial charge in [-0.3, -0.25) is 4.99 Å². The van der Waals surface area contributed by atoms with E-state index in [-0.39, 0.29) is 0 Å². The molecule has 0 radical (unpaired) electrons. The maximum Gasteiger partial charge on any atom is 0.0774 e. The quantitative estimate of drug-likeness (QED) is 0.597. The standard InChI is InChI=1S/C11H13N/c1-9-7-8-12-11(9)10-5-3-2-4-6-10/h2-6,8-9,11H,7H2,1H3/t9-,11+/m1/s1. The number of nitrogens with zero attached hydrogens (tertiary/aromatic N) is 1. The average Bonchev–Trinajstić information content (AvgIpc) is 2.53. The molecule has 0 aliphatic carbocycles. The van der Waals surface area contributed by atoms with Crippen molar-refractivity contribution in [2.75, 3.05) is 0 Å². The Labute approximate surface area is 73.1 Å². The molecule has 0 N–H and O–H groups in total. The second-order valence-corrected chi connectivity index (χ2v) is 3.40. The Balaban J connectivity index is 2.25. The summed E-state index contributed by atoms with van der Waals surface area (Å²) in [5.74, 6) is 0.674. The van der Waals surface area contributed by atoms with Crippen LogP contribution in [0.1, 0.15) is 24.9 Å². The number of rotatable bonds is 1. The third-order valence-corrected chi connectivity index (χ3v) is 2.42. The van der Waals surface area contributed by atoms with Gasteiger partial charge < -0.3 is 0 Å². The molecule has 1 aliphatic rings. The van der Waals surface area contributed by atoms with Crippen molar-refractivity contribution in [2.45, 2.75) is 19.4 Å². The molecule has 0 aromatic heterocycles. The predicted molar refractivity (Wildman–Crippen MR) is 51.5 cm³/mol. The van der Waals surface area contributed by atoms with Gasteiger partial charge in [-0.1, -0.05) is 37.3 Å². The first-order valence-electron chi connectivity index (χ1n) is 4.44. The van der Waals surface area contributed by atoms with Crippen LogP contribution in [0.2, 0.25) is 0 Å². The van der Waals surface area contributed by atoms with Crippen molar-refractivity contribution < 1.29 is 0 Å². The molecule has 0 unspecified atom stereocenters. The summed E-state index contributed by atoms with van der Waals surface area (Å²) in [6, 6.07) is 10.9. The third kappa shape index (κ3) is 1.27. The number of benzene rings is 1. The molecule has 1 heterocycles. The lowest BCUT2D eigenvalue weighted by Crippen LogP contribution is -2.01. The van der Waals surface area contributed by atoms with Crippen LogP contribution in [-0.4, -0.2) is 6.21 Å². The highest BCUT2D eigenvalue weighted by molar-refractivity contribution is 5.61. The molecule has 2 rings (SSSR count). The fraction of sp³-hybridized carbons (Fsp3) is 0.364. The van der Waals surface area contributed by atoms with Gasteiger partial charge in [-0.25, -0.2) is 0 Å². The lowest BCUT2D eigenvalue weighted by molar-refractivity contribution is 0.526. The maximum atomic E-state index is 4.46. The molecule has 0 amide bonds. The minimum Gasteiger partial charge on any atom is -0.289 e. The molecule has 1 aromatic rings. The number of aliphatic imine (C=N–C) groups is 1. The van der Waals surface area contributed by atoms with Crippen molar-refractivity contribution in [3.05, 3.63) is 35.9 Å². The lowest BCUT2D eigenvalue weighted by Gasteiger charge is -2.12. The third-order valence-electron chi connectivity index (χ3n) is 2.42. The highest BCUT2D eigenvalue weighted by Gasteiger charge is 2.20. The molecule has 1 nitrogen and oxygen atoms in total. The first kappa shape index (κ1) is 7.53. The molecule has 1 aromatic carbocycles. The van der Waals surface area contributed by atoms with E-state index < -0.39 is 0 Å². The summed E-state index contributed by atoms with van der Waals surface area (Å²) in [4.78, 5) is 4.46. The summed E-state index contributed by atoms with van der Waals surface area (Å²) < 4.78 is 0. The van der Waals surface area contributed by atoms with E-state index in [1.807, 2.05) is 12.3 Å².